The lowest BCUT2D eigenvalue weighted by Crippen LogP contribution is -2.57. The molecule has 19 heavy (non-hydrogen) atoms. The molecule has 1 saturated heterocycles. The lowest BCUT2D eigenvalue weighted by molar-refractivity contribution is 0.316. The van der Waals surface area contributed by atoms with Gasteiger partial charge in [-0.3, -0.25) is 0 Å². The molecule has 0 saturated carbocycles. The van der Waals surface area contributed by atoms with Crippen LogP contribution in [0.25, 0.3) is 0 Å². The first-order chi connectivity index (χ1) is 9.02. The maximum Gasteiger partial charge on any atom is 0.141 e. The van der Waals surface area contributed by atoms with E-state index in [-0.39, 0.29) is 10.8 Å². The van der Waals surface area contributed by atoms with Crippen molar-refractivity contribution in [1.29, 1.82) is 0 Å². The van der Waals surface area contributed by atoms with Gasteiger partial charge in [-0.05, 0) is 31.0 Å². The number of nitrogens with zero attached hydrogens (tertiary/aromatic N) is 1. The third kappa shape index (κ3) is 3.21. The summed E-state index contributed by atoms with van der Waals surface area (Å²) in [6, 6.07) is 5.86. The van der Waals surface area contributed by atoms with Crippen molar-refractivity contribution < 1.29 is 4.39 Å². The summed E-state index contributed by atoms with van der Waals surface area (Å²) < 4.78 is 13.3. The Hall–Kier alpha value is -0.800. The molecule has 2 rings (SSSR count). The normalized spacial score (nSPS) is 25.4. The number of piperazine rings is 1. The van der Waals surface area contributed by atoms with Gasteiger partial charge < -0.3 is 10.2 Å². The van der Waals surface area contributed by atoms with Crippen LogP contribution in [0.4, 0.5) is 10.1 Å². The zero-order chi connectivity index (χ0) is 14.0. The molecule has 3 unspecified atom stereocenters. The zero-order valence-corrected chi connectivity index (χ0v) is 12.5. The summed E-state index contributed by atoms with van der Waals surface area (Å²) in [5.74, 6) is 0.276. The Morgan fingerprint density at radius 3 is 2.89 bits per heavy atom. The molecule has 1 fully saturated rings. The highest BCUT2D eigenvalue weighted by atomic mass is 35.5. The van der Waals surface area contributed by atoms with E-state index in [4.69, 9.17) is 11.6 Å². The van der Waals surface area contributed by atoms with Gasteiger partial charge in [0, 0.05) is 30.9 Å². The number of rotatable bonds is 3. The quantitative estimate of drug-likeness (QED) is 0.911. The Labute approximate surface area is 119 Å². The van der Waals surface area contributed by atoms with Gasteiger partial charge in [0.15, 0.2) is 0 Å². The van der Waals surface area contributed by atoms with E-state index >= 15 is 0 Å². The zero-order valence-electron chi connectivity index (χ0n) is 11.8. The van der Waals surface area contributed by atoms with Crippen LogP contribution in [0.15, 0.2) is 18.2 Å². The van der Waals surface area contributed by atoms with E-state index in [2.05, 4.69) is 31.0 Å². The highest BCUT2D eigenvalue weighted by molar-refractivity contribution is 6.31. The van der Waals surface area contributed by atoms with Crippen molar-refractivity contribution in [2.75, 3.05) is 18.0 Å². The first-order valence-corrected chi connectivity index (χ1v) is 7.35. The molecule has 0 aromatic heterocycles. The van der Waals surface area contributed by atoms with Gasteiger partial charge in [0.25, 0.3) is 0 Å². The number of hydrogen-bond acceptors (Lipinski definition) is 2. The molecule has 1 heterocycles. The van der Waals surface area contributed by atoms with Gasteiger partial charge in [0.05, 0.1) is 5.02 Å². The number of halogens is 2. The van der Waals surface area contributed by atoms with Gasteiger partial charge in [0.1, 0.15) is 5.82 Å². The largest absolute Gasteiger partial charge is 0.366 e. The van der Waals surface area contributed by atoms with Gasteiger partial charge in [-0.15, -0.1) is 0 Å². The fourth-order valence-corrected chi connectivity index (χ4v) is 2.75. The van der Waals surface area contributed by atoms with Crippen LogP contribution in [-0.4, -0.2) is 25.2 Å². The van der Waals surface area contributed by atoms with Gasteiger partial charge in [-0.25, -0.2) is 4.39 Å². The van der Waals surface area contributed by atoms with Crippen LogP contribution in [0.3, 0.4) is 0 Å². The molecular weight excluding hydrogens is 263 g/mol. The maximum absolute atomic E-state index is 13.3. The van der Waals surface area contributed by atoms with Gasteiger partial charge >= 0.3 is 0 Å². The van der Waals surface area contributed by atoms with Crippen LogP contribution in [0, 0.1) is 11.7 Å². The molecule has 2 nitrogen and oxygen atoms in total. The van der Waals surface area contributed by atoms with E-state index in [1.807, 2.05) is 6.07 Å². The van der Waals surface area contributed by atoms with Crippen molar-refractivity contribution in [2.45, 2.75) is 39.3 Å². The van der Waals surface area contributed by atoms with E-state index in [0.717, 1.165) is 25.2 Å². The molecule has 0 spiro atoms. The van der Waals surface area contributed by atoms with Crippen molar-refractivity contribution in [2.24, 2.45) is 5.92 Å². The Bertz CT molecular complexity index is 438. The molecule has 0 aliphatic carbocycles. The molecule has 1 aliphatic heterocycles. The summed E-state index contributed by atoms with van der Waals surface area (Å²) in [6.07, 6.45) is 1.16. The minimum absolute atomic E-state index is 0.198. The minimum Gasteiger partial charge on any atom is -0.366 e. The second kappa shape index (κ2) is 6.10. The number of anilines is 1. The van der Waals surface area contributed by atoms with E-state index in [1.54, 1.807) is 6.07 Å². The van der Waals surface area contributed by atoms with Crippen LogP contribution >= 0.6 is 11.6 Å². The van der Waals surface area contributed by atoms with Crippen molar-refractivity contribution in [3.63, 3.8) is 0 Å². The van der Waals surface area contributed by atoms with Crippen LogP contribution < -0.4 is 10.2 Å². The van der Waals surface area contributed by atoms with Crippen molar-refractivity contribution in [1.82, 2.24) is 5.32 Å². The summed E-state index contributed by atoms with van der Waals surface area (Å²) in [5.41, 5.74) is 1.01. The maximum atomic E-state index is 13.3. The molecule has 0 radical (unpaired) electrons. The highest BCUT2D eigenvalue weighted by Crippen LogP contribution is 2.26. The second-order valence-electron chi connectivity index (χ2n) is 5.50. The first-order valence-electron chi connectivity index (χ1n) is 6.98. The monoisotopic (exact) mass is 284 g/mol. The third-order valence-corrected chi connectivity index (χ3v) is 4.46. The first kappa shape index (κ1) is 14.6. The van der Waals surface area contributed by atoms with Crippen LogP contribution in [0.5, 0.6) is 0 Å². The third-order valence-electron chi connectivity index (χ3n) is 4.17. The molecule has 0 bridgehead atoms. The summed E-state index contributed by atoms with van der Waals surface area (Å²) in [6.45, 7) is 8.55. The smallest absolute Gasteiger partial charge is 0.141 e. The summed E-state index contributed by atoms with van der Waals surface area (Å²) in [5, 5.41) is 3.79. The number of benzene rings is 1. The Morgan fingerprint density at radius 1 is 1.53 bits per heavy atom. The molecule has 3 atom stereocenters. The lowest BCUT2D eigenvalue weighted by atomic mass is 9.95. The average molecular weight is 285 g/mol. The van der Waals surface area contributed by atoms with E-state index in [0.29, 0.717) is 18.0 Å². The predicted molar refractivity (Wildman–Crippen MR) is 79.5 cm³/mol. The average Bonchev–Trinajstić information content (AvgIpc) is 2.41. The molecule has 1 N–H and O–H groups in total. The van der Waals surface area contributed by atoms with Gasteiger partial charge in [0.2, 0.25) is 0 Å². The molecule has 1 aromatic carbocycles. The molecule has 106 valence electrons. The number of hydrogen-bond donors (Lipinski definition) is 1. The van der Waals surface area contributed by atoms with E-state index in [9.17, 15) is 4.39 Å². The fraction of sp³-hybridized carbons (Fsp3) is 0.600. The summed E-state index contributed by atoms with van der Waals surface area (Å²) in [4.78, 5) is 2.32. The standard InChI is InChI=1S/C15H22ClFN2/c1-4-10(2)15-9-19(11(3)8-18-15)12-5-6-14(17)13(16)7-12/h5-7,10-11,15,18H,4,8-9H2,1-3H3. The van der Waals surface area contributed by atoms with Crippen LogP contribution in [0.2, 0.25) is 5.02 Å². The van der Waals surface area contributed by atoms with Crippen molar-refractivity contribution >= 4 is 17.3 Å². The summed E-state index contributed by atoms with van der Waals surface area (Å²) >= 11 is 5.89. The van der Waals surface area contributed by atoms with Gasteiger partial charge in [-0.2, -0.15) is 0 Å². The SMILES string of the molecule is CCC(C)C1CN(c2ccc(F)c(Cl)c2)C(C)CN1. The van der Waals surface area contributed by atoms with Crippen LogP contribution in [0.1, 0.15) is 27.2 Å². The molecule has 0 amide bonds. The molecular formula is C15H22ClFN2. The Kier molecular flexibility index (Phi) is 4.69. The number of nitrogens with one attached hydrogen (secondary N) is 1. The van der Waals surface area contributed by atoms with Crippen molar-refractivity contribution in [3.8, 4) is 0 Å². The van der Waals surface area contributed by atoms with E-state index in [1.165, 1.54) is 6.07 Å². The topological polar surface area (TPSA) is 15.3 Å². The van der Waals surface area contributed by atoms with Gasteiger partial charge in [-0.1, -0.05) is 31.9 Å². The lowest BCUT2D eigenvalue weighted by Gasteiger charge is -2.42. The van der Waals surface area contributed by atoms with Crippen molar-refractivity contribution in [3.05, 3.63) is 29.0 Å². The van der Waals surface area contributed by atoms with Crippen LogP contribution in [-0.2, 0) is 0 Å². The Morgan fingerprint density at radius 2 is 2.26 bits per heavy atom. The fourth-order valence-electron chi connectivity index (χ4n) is 2.58. The predicted octanol–water partition coefficient (Wildman–Crippen LogP) is 3.69. The molecule has 1 aromatic rings. The minimum atomic E-state index is -0.355. The highest BCUT2D eigenvalue weighted by Gasteiger charge is 2.28. The van der Waals surface area contributed by atoms with E-state index < -0.39 is 0 Å². The molecule has 1 aliphatic rings. The summed E-state index contributed by atoms with van der Waals surface area (Å²) in [7, 11) is 0. The Balaban J connectivity index is 2.18. The second-order valence-corrected chi connectivity index (χ2v) is 5.91. The molecule has 4 heteroatoms.